The van der Waals surface area contributed by atoms with E-state index in [1.54, 1.807) is 12.3 Å². The molecule has 2 aromatic rings. The van der Waals surface area contributed by atoms with Crippen LogP contribution in [0.1, 0.15) is 25.1 Å². The van der Waals surface area contributed by atoms with Crippen LogP contribution in [0.25, 0.3) is 0 Å². The molecule has 0 fully saturated rings. The molecule has 1 unspecified atom stereocenters. The van der Waals surface area contributed by atoms with Crippen molar-refractivity contribution >= 4 is 28.3 Å². The van der Waals surface area contributed by atoms with Crippen molar-refractivity contribution in [1.82, 2.24) is 4.98 Å². The molecular weight excluding hydrogens is 332 g/mol. The summed E-state index contributed by atoms with van der Waals surface area (Å²) in [5, 5.41) is 4.78. The second-order valence-electron chi connectivity index (χ2n) is 4.97. The van der Waals surface area contributed by atoms with Gasteiger partial charge in [0.05, 0.1) is 12.3 Å². The van der Waals surface area contributed by atoms with Gasteiger partial charge < -0.3 is 19.5 Å². The molecule has 0 spiro atoms. The molecule has 0 saturated heterocycles. The number of amides is 1. The first-order valence-electron chi connectivity index (χ1n) is 7.45. The van der Waals surface area contributed by atoms with Gasteiger partial charge in [-0.1, -0.05) is 12.1 Å². The van der Waals surface area contributed by atoms with Crippen LogP contribution in [0, 0.1) is 0 Å². The molecular formula is C16H16N2O5S. The first kappa shape index (κ1) is 16.3. The lowest BCUT2D eigenvalue weighted by Crippen LogP contribution is -2.22. The number of rotatable bonds is 5. The Kier molecular flexibility index (Phi) is 4.95. The van der Waals surface area contributed by atoms with Crippen molar-refractivity contribution in [3.8, 4) is 11.5 Å². The number of hydrogen-bond donors (Lipinski definition) is 1. The van der Waals surface area contributed by atoms with E-state index in [9.17, 15) is 9.59 Å². The van der Waals surface area contributed by atoms with Crippen LogP contribution in [0.15, 0.2) is 29.6 Å². The summed E-state index contributed by atoms with van der Waals surface area (Å²) < 4.78 is 16.2. The number of anilines is 1. The highest BCUT2D eigenvalue weighted by Gasteiger charge is 2.24. The van der Waals surface area contributed by atoms with Crippen LogP contribution >= 0.6 is 11.3 Å². The molecule has 1 amide bonds. The molecule has 1 atom stereocenters. The highest BCUT2D eigenvalue weighted by Crippen LogP contribution is 2.36. The molecule has 8 heteroatoms. The summed E-state index contributed by atoms with van der Waals surface area (Å²) >= 11 is 1.26. The molecule has 0 radical (unpaired) electrons. The van der Waals surface area contributed by atoms with E-state index in [0.29, 0.717) is 28.9 Å². The fourth-order valence-electron chi connectivity index (χ4n) is 2.16. The Balaban J connectivity index is 1.60. The van der Waals surface area contributed by atoms with Crippen molar-refractivity contribution in [2.24, 2.45) is 0 Å². The number of para-hydroxylation sites is 2. The molecule has 24 heavy (non-hydrogen) atoms. The summed E-state index contributed by atoms with van der Waals surface area (Å²) in [5.41, 5.74) is 0.668. The van der Waals surface area contributed by atoms with E-state index >= 15 is 0 Å². The molecule has 7 nitrogen and oxygen atoms in total. The molecule has 0 saturated carbocycles. The quantitative estimate of drug-likeness (QED) is 0.660. The van der Waals surface area contributed by atoms with Crippen molar-refractivity contribution < 1.29 is 23.8 Å². The SMILES string of the molecule is CCOC(=O)CC(=O)Nc1nc(C2COc3ccccc3O2)cs1. The maximum Gasteiger partial charge on any atom is 0.315 e. The lowest BCUT2D eigenvalue weighted by molar-refractivity contribution is -0.145. The second kappa shape index (κ2) is 7.31. The molecule has 1 aliphatic rings. The van der Waals surface area contributed by atoms with Crippen LogP contribution in [0.5, 0.6) is 11.5 Å². The molecule has 1 aromatic carbocycles. The zero-order valence-electron chi connectivity index (χ0n) is 13.0. The highest BCUT2D eigenvalue weighted by atomic mass is 32.1. The molecule has 1 aromatic heterocycles. The van der Waals surface area contributed by atoms with E-state index < -0.39 is 11.9 Å². The standard InChI is InChI=1S/C16H16N2O5S/c1-2-21-15(20)7-14(19)18-16-17-10(9-24-16)13-8-22-11-5-3-4-6-12(11)23-13/h3-6,9,13H,2,7-8H2,1H3,(H,17,18,19). The normalized spacial score (nSPS) is 15.6. The Morgan fingerprint density at radius 3 is 2.96 bits per heavy atom. The number of carbonyl (C=O) groups is 2. The summed E-state index contributed by atoms with van der Waals surface area (Å²) in [4.78, 5) is 27.4. The van der Waals surface area contributed by atoms with Gasteiger partial charge in [-0.15, -0.1) is 11.3 Å². The van der Waals surface area contributed by atoms with Gasteiger partial charge in [-0.05, 0) is 19.1 Å². The summed E-state index contributed by atoms with van der Waals surface area (Å²) in [6.45, 7) is 2.28. The molecule has 126 valence electrons. The number of benzene rings is 1. The average Bonchev–Trinajstić information content (AvgIpc) is 3.02. The highest BCUT2D eigenvalue weighted by molar-refractivity contribution is 7.13. The van der Waals surface area contributed by atoms with Gasteiger partial charge in [-0.3, -0.25) is 9.59 Å². The number of carbonyl (C=O) groups excluding carboxylic acids is 2. The number of ether oxygens (including phenoxy) is 3. The second-order valence-corrected chi connectivity index (χ2v) is 5.83. The van der Waals surface area contributed by atoms with Gasteiger partial charge >= 0.3 is 5.97 Å². The van der Waals surface area contributed by atoms with E-state index in [0.717, 1.165) is 0 Å². The van der Waals surface area contributed by atoms with Crippen molar-refractivity contribution in [3.05, 3.63) is 35.3 Å². The van der Waals surface area contributed by atoms with E-state index in [1.165, 1.54) is 11.3 Å². The van der Waals surface area contributed by atoms with E-state index in [2.05, 4.69) is 10.3 Å². The van der Waals surface area contributed by atoms with Gasteiger partial charge in [-0.2, -0.15) is 0 Å². The van der Waals surface area contributed by atoms with Crippen LogP contribution < -0.4 is 14.8 Å². The smallest absolute Gasteiger partial charge is 0.315 e. The van der Waals surface area contributed by atoms with Crippen LogP contribution in [-0.2, 0) is 14.3 Å². The first-order chi connectivity index (χ1) is 11.7. The van der Waals surface area contributed by atoms with Crippen LogP contribution in [0.4, 0.5) is 5.13 Å². The Morgan fingerprint density at radius 1 is 1.38 bits per heavy atom. The van der Waals surface area contributed by atoms with Crippen molar-refractivity contribution in [2.45, 2.75) is 19.4 Å². The molecule has 1 aliphatic heterocycles. The Bertz CT molecular complexity index is 746. The third-order valence-electron chi connectivity index (χ3n) is 3.22. The topological polar surface area (TPSA) is 86.8 Å². The maximum atomic E-state index is 11.7. The first-order valence-corrected chi connectivity index (χ1v) is 8.33. The Hall–Kier alpha value is -2.61. The fraction of sp³-hybridized carbons (Fsp3) is 0.312. The number of fused-ring (bicyclic) bond motifs is 1. The van der Waals surface area contributed by atoms with E-state index in [1.807, 2.05) is 24.3 Å². The number of hydrogen-bond acceptors (Lipinski definition) is 7. The monoisotopic (exact) mass is 348 g/mol. The molecule has 0 aliphatic carbocycles. The number of thiazole rings is 1. The molecule has 1 N–H and O–H groups in total. The lowest BCUT2D eigenvalue weighted by Gasteiger charge is -2.25. The third-order valence-corrected chi connectivity index (χ3v) is 3.99. The minimum Gasteiger partial charge on any atom is -0.485 e. The minimum absolute atomic E-state index is 0.244. The number of esters is 1. The Labute approximate surface area is 142 Å². The zero-order valence-corrected chi connectivity index (χ0v) is 13.8. The van der Waals surface area contributed by atoms with Crippen molar-refractivity contribution in [2.75, 3.05) is 18.5 Å². The van der Waals surface area contributed by atoms with Gasteiger partial charge in [0.2, 0.25) is 5.91 Å². The zero-order chi connectivity index (χ0) is 16.9. The van der Waals surface area contributed by atoms with Crippen LogP contribution in [0.2, 0.25) is 0 Å². The summed E-state index contributed by atoms with van der Waals surface area (Å²) in [7, 11) is 0. The number of nitrogens with zero attached hydrogens (tertiary/aromatic N) is 1. The van der Waals surface area contributed by atoms with Gasteiger partial charge in [0, 0.05) is 5.38 Å². The molecule has 2 heterocycles. The molecule has 0 bridgehead atoms. The predicted molar refractivity (Wildman–Crippen MR) is 87.3 cm³/mol. The van der Waals surface area contributed by atoms with Gasteiger partial charge in [0.15, 0.2) is 22.7 Å². The fourth-order valence-corrected chi connectivity index (χ4v) is 2.93. The van der Waals surface area contributed by atoms with Crippen LogP contribution in [-0.4, -0.2) is 30.1 Å². The number of aromatic nitrogens is 1. The van der Waals surface area contributed by atoms with E-state index in [4.69, 9.17) is 14.2 Å². The Morgan fingerprint density at radius 2 is 2.17 bits per heavy atom. The van der Waals surface area contributed by atoms with Crippen molar-refractivity contribution in [1.29, 1.82) is 0 Å². The summed E-state index contributed by atoms with van der Waals surface area (Å²) in [5.74, 6) is 0.342. The summed E-state index contributed by atoms with van der Waals surface area (Å²) in [6, 6.07) is 7.42. The average molecular weight is 348 g/mol. The largest absolute Gasteiger partial charge is 0.485 e. The van der Waals surface area contributed by atoms with Gasteiger partial charge in [0.1, 0.15) is 13.0 Å². The van der Waals surface area contributed by atoms with Gasteiger partial charge in [0.25, 0.3) is 0 Å². The molecule has 3 rings (SSSR count). The minimum atomic E-state index is -0.563. The maximum absolute atomic E-state index is 11.7. The number of nitrogens with one attached hydrogen (secondary N) is 1. The predicted octanol–water partition coefficient (Wildman–Crippen LogP) is 2.55. The third kappa shape index (κ3) is 3.83. The van der Waals surface area contributed by atoms with E-state index in [-0.39, 0.29) is 19.1 Å². The summed E-state index contributed by atoms with van der Waals surface area (Å²) in [6.07, 6.45) is -0.675. The van der Waals surface area contributed by atoms with Crippen molar-refractivity contribution in [3.63, 3.8) is 0 Å². The lowest BCUT2D eigenvalue weighted by atomic mass is 10.2. The van der Waals surface area contributed by atoms with Gasteiger partial charge in [-0.25, -0.2) is 4.98 Å². The van der Waals surface area contributed by atoms with Crippen LogP contribution in [0.3, 0.4) is 0 Å².